The lowest BCUT2D eigenvalue weighted by molar-refractivity contribution is 0.522. The molecule has 0 radical (unpaired) electrons. The maximum Gasteiger partial charge on any atom is 0.225 e. The Bertz CT molecular complexity index is 800. The van der Waals surface area contributed by atoms with E-state index in [2.05, 4.69) is 35.3 Å². The molecular weight excluding hydrogens is 292 g/mol. The van der Waals surface area contributed by atoms with Gasteiger partial charge in [-0.2, -0.15) is 5.10 Å². The molecule has 0 bridgehead atoms. The molecule has 0 saturated carbocycles. The second-order valence-corrected chi connectivity index (χ2v) is 5.71. The van der Waals surface area contributed by atoms with Gasteiger partial charge in [-0.15, -0.1) is 0 Å². The second kappa shape index (κ2) is 5.79. The monoisotopic (exact) mass is 310 g/mol. The summed E-state index contributed by atoms with van der Waals surface area (Å²) in [5, 5.41) is 8.74. The molecule has 1 N–H and O–H groups in total. The first kappa shape index (κ1) is 13.9. The van der Waals surface area contributed by atoms with Gasteiger partial charge in [-0.25, -0.2) is 19.9 Å². The number of piperidine rings is 1. The summed E-state index contributed by atoms with van der Waals surface area (Å²) in [6.07, 6.45) is 9.13. The summed E-state index contributed by atoms with van der Waals surface area (Å²) in [4.78, 5) is 19.6. The zero-order chi connectivity index (χ0) is 15.6. The van der Waals surface area contributed by atoms with Crippen LogP contribution in [-0.4, -0.2) is 48.8 Å². The van der Waals surface area contributed by atoms with Crippen molar-refractivity contribution in [1.82, 2.24) is 29.7 Å². The number of hydrogen-bond donors (Lipinski definition) is 1. The van der Waals surface area contributed by atoms with Gasteiger partial charge >= 0.3 is 0 Å². The van der Waals surface area contributed by atoms with E-state index in [9.17, 15) is 0 Å². The first-order valence-corrected chi connectivity index (χ1v) is 7.72. The number of rotatable bonds is 3. The van der Waals surface area contributed by atoms with Gasteiger partial charge in [-0.05, 0) is 18.9 Å². The van der Waals surface area contributed by atoms with Crippen molar-refractivity contribution in [2.75, 3.05) is 23.3 Å². The Morgan fingerprint density at radius 2 is 2.04 bits per heavy atom. The van der Waals surface area contributed by atoms with E-state index in [0.717, 1.165) is 48.7 Å². The van der Waals surface area contributed by atoms with E-state index >= 15 is 0 Å². The average molecular weight is 310 g/mol. The molecule has 1 saturated heterocycles. The van der Waals surface area contributed by atoms with Crippen molar-refractivity contribution in [2.45, 2.75) is 18.9 Å². The predicted octanol–water partition coefficient (Wildman–Crippen LogP) is 1.23. The molecular formula is C15H18N8. The van der Waals surface area contributed by atoms with Crippen LogP contribution in [-0.2, 0) is 7.05 Å². The zero-order valence-electron chi connectivity index (χ0n) is 12.9. The maximum absolute atomic E-state index is 4.39. The molecule has 1 atom stereocenters. The topological polar surface area (TPSA) is 84.7 Å². The minimum Gasteiger partial charge on any atom is -0.365 e. The Kier molecular flexibility index (Phi) is 3.49. The van der Waals surface area contributed by atoms with Crippen LogP contribution < -0.4 is 10.2 Å². The molecule has 0 amide bonds. The molecule has 1 aliphatic heterocycles. The predicted molar refractivity (Wildman–Crippen MR) is 87.2 cm³/mol. The number of fused-ring (bicyclic) bond motifs is 1. The Labute approximate surface area is 133 Å². The SMILES string of the molecule is Cn1ncc2c(NC3CCCN(c4ncccn4)C3)ncnc21. The van der Waals surface area contributed by atoms with Crippen molar-refractivity contribution in [2.24, 2.45) is 7.05 Å². The lowest BCUT2D eigenvalue weighted by atomic mass is 10.1. The van der Waals surface area contributed by atoms with Gasteiger partial charge in [0.15, 0.2) is 5.65 Å². The van der Waals surface area contributed by atoms with Gasteiger partial charge in [0.05, 0.1) is 11.6 Å². The summed E-state index contributed by atoms with van der Waals surface area (Å²) in [7, 11) is 1.88. The van der Waals surface area contributed by atoms with Crippen molar-refractivity contribution in [3.05, 3.63) is 31.0 Å². The maximum atomic E-state index is 4.39. The molecule has 3 aromatic rings. The Balaban J connectivity index is 1.54. The van der Waals surface area contributed by atoms with Crippen LogP contribution in [0.2, 0.25) is 0 Å². The van der Waals surface area contributed by atoms with E-state index in [0.29, 0.717) is 6.04 Å². The molecule has 0 spiro atoms. The fraction of sp³-hybridized carbons (Fsp3) is 0.400. The number of nitrogens with one attached hydrogen (secondary N) is 1. The highest BCUT2D eigenvalue weighted by atomic mass is 15.3. The van der Waals surface area contributed by atoms with Crippen LogP contribution in [0.25, 0.3) is 11.0 Å². The Morgan fingerprint density at radius 3 is 2.91 bits per heavy atom. The van der Waals surface area contributed by atoms with Crippen molar-refractivity contribution >= 4 is 22.8 Å². The van der Waals surface area contributed by atoms with Gasteiger partial charge in [-0.3, -0.25) is 4.68 Å². The third-order valence-electron chi connectivity index (χ3n) is 4.13. The third kappa shape index (κ3) is 2.67. The average Bonchev–Trinajstić information content (AvgIpc) is 2.99. The molecule has 118 valence electrons. The van der Waals surface area contributed by atoms with Gasteiger partial charge in [-0.1, -0.05) is 0 Å². The number of aromatic nitrogens is 6. The van der Waals surface area contributed by atoms with Gasteiger partial charge in [0, 0.05) is 38.6 Å². The van der Waals surface area contributed by atoms with E-state index in [-0.39, 0.29) is 0 Å². The Hall–Kier alpha value is -2.77. The minimum absolute atomic E-state index is 0.297. The number of anilines is 2. The van der Waals surface area contributed by atoms with E-state index in [1.54, 1.807) is 29.6 Å². The fourth-order valence-corrected chi connectivity index (χ4v) is 3.00. The van der Waals surface area contributed by atoms with Crippen LogP contribution in [0.4, 0.5) is 11.8 Å². The summed E-state index contributed by atoms with van der Waals surface area (Å²) in [5.74, 6) is 1.62. The van der Waals surface area contributed by atoms with E-state index < -0.39 is 0 Å². The van der Waals surface area contributed by atoms with Crippen LogP contribution in [0.5, 0.6) is 0 Å². The molecule has 3 aromatic heterocycles. The van der Waals surface area contributed by atoms with Gasteiger partial charge in [0.2, 0.25) is 5.95 Å². The summed E-state index contributed by atoms with van der Waals surface area (Å²) >= 11 is 0. The molecule has 0 aliphatic carbocycles. The van der Waals surface area contributed by atoms with Crippen molar-refractivity contribution in [1.29, 1.82) is 0 Å². The number of aryl methyl sites for hydroxylation is 1. The molecule has 4 rings (SSSR count). The van der Waals surface area contributed by atoms with Crippen LogP contribution in [0.15, 0.2) is 31.0 Å². The first-order valence-electron chi connectivity index (χ1n) is 7.72. The van der Waals surface area contributed by atoms with Crippen LogP contribution in [0.1, 0.15) is 12.8 Å². The van der Waals surface area contributed by atoms with E-state index in [1.807, 2.05) is 13.1 Å². The lowest BCUT2D eigenvalue weighted by Gasteiger charge is -2.33. The minimum atomic E-state index is 0.297. The van der Waals surface area contributed by atoms with Crippen molar-refractivity contribution in [3.63, 3.8) is 0 Å². The van der Waals surface area contributed by atoms with E-state index in [1.165, 1.54) is 0 Å². The summed E-state index contributed by atoms with van der Waals surface area (Å²) in [5.41, 5.74) is 0.835. The molecule has 4 heterocycles. The van der Waals surface area contributed by atoms with Gasteiger partial charge in [0.1, 0.15) is 12.1 Å². The molecule has 1 aliphatic rings. The van der Waals surface area contributed by atoms with Crippen LogP contribution in [0.3, 0.4) is 0 Å². The molecule has 0 aromatic carbocycles. The third-order valence-corrected chi connectivity index (χ3v) is 4.13. The normalized spacial score (nSPS) is 18.3. The van der Waals surface area contributed by atoms with Gasteiger partial charge < -0.3 is 10.2 Å². The van der Waals surface area contributed by atoms with Gasteiger partial charge in [0.25, 0.3) is 0 Å². The van der Waals surface area contributed by atoms with E-state index in [4.69, 9.17) is 0 Å². The Morgan fingerprint density at radius 1 is 1.17 bits per heavy atom. The highest BCUT2D eigenvalue weighted by molar-refractivity contribution is 5.86. The smallest absolute Gasteiger partial charge is 0.225 e. The molecule has 23 heavy (non-hydrogen) atoms. The summed E-state index contributed by atoms with van der Waals surface area (Å²) < 4.78 is 1.76. The quantitative estimate of drug-likeness (QED) is 0.779. The van der Waals surface area contributed by atoms with Crippen LogP contribution in [0, 0.1) is 0 Å². The highest BCUT2D eigenvalue weighted by Gasteiger charge is 2.22. The second-order valence-electron chi connectivity index (χ2n) is 5.71. The fourth-order valence-electron chi connectivity index (χ4n) is 3.00. The summed E-state index contributed by atoms with van der Waals surface area (Å²) in [6.45, 7) is 1.84. The largest absolute Gasteiger partial charge is 0.365 e. The molecule has 8 heteroatoms. The molecule has 1 fully saturated rings. The number of nitrogens with zero attached hydrogens (tertiary/aromatic N) is 7. The molecule has 8 nitrogen and oxygen atoms in total. The number of hydrogen-bond acceptors (Lipinski definition) is 7. The standard InChI is InChI=1S/C15H18N8/c1-22-14-12(8-20-22)13(18-10-19-14)21-11-4-2-7-23(9-11)15-16-5-3-6-17-15/h3,5-6,8,10-11H,2,4,7,9H2,1H3,(H,18,19,21). The van der Waals surface area contributed by atoms with Crippen molar-refractivity contribution < 1.29 is 0 Å². The lowest BCUT2D eigenvalue weighted by Crippen LogP contribution is -2.43. The molecule has 1 unspecified atom stereocenters. The zero-order valence-corrected chi connectivity index (χ0v) is 12.9. The van der Waals surface area contributed by atoms with Crippen LogP contribution >= 0.6 is 0 Å². The first-order chi connectivity index (χ1) is 11.3. The van der Waals surface area contributed by atoms with Crippen molar-refractivity contribution in [3.8, 4) is 0 Å². The highest BCUT2D eigenvalue weighted by Crippen LogP contribution is 2.22. The summed E-state index contributed by atoms with van der Waals surface area (Å²) in [6, 6.07) is 2.13.